The van der Waals surface area contributed by atoms with Crippen LogP contribution in [-0.4, -0.2) is 20.3 Å². The van der Waals surface area contributed by atoms with E-state index in [1.807, 2.05) is 18.2 Å². The maximum absolute atomic E-state index is 5.86. The van der Waals surface area contributed by atoms with E-state index in [9.17, 15) is 0 Å². The monoisotopic (exact) mass is 233 g/mol. The van der Waals surface area contributed by atoms with Crippen LogP contribution in [0.1, 0.15) is 25.3 Å². The fourth-order valence-electron chi connectivity index (χ4n) is 1.52. The van der Waals surface area contributed by atoms with Crippen molar-refractivity contribution in [2.75, 3.05) is 14.2 Å². The molecule has 0 saturated carbocycles. The van der Waals surface area contributed by atoms with Crippen LogP contribution < -0.4 is 15.2 Å². The van der Waals surface area contributed by atoms with Crippen molar-refractivity contribution in [3.05, 3.63) is 23.8 Å². The van der Waals surface area contributed by atoms with Gasteiger partial charge in [-0.2, -0.15) is 0 Å². The molecule has 2 N–H and O–H groups in total. The first-order valence-corrected chi connectivity index (χ1v) is 5.71. The van der Waals surface area contributed by atoms with Gasteiger partial charge < -0.3 is 15.2 Å². The summed E-state index contributed by atoms with van der Waals surface area (Å²) in [4.78, 5) is 0. The minimum absolute atomic E-state index is 0.102. The Morgan fingerprint density at radius 3 is 2.29 bits per heavy atom. The first kappa shape index (κ1) is 13.4. The molecule has 1 aromatic carbocycles. The summed E-state index contributed by atoms with van der Waals surface area (Å²) in [5.74, 6) is 7.48. The van der Waals surface area contributed by atoms with Gasteiger partial charge in [-0.1, -0.05) is 31.3 Å². The van der Waals surface area contributed by atoms with Gasteiger partial charge in [0.05, 0.1) is 20.3 Å². The third-order valence-electron chi connectivity index (χ3n) is 2.41. The van der Waals surface area contributed by atoms with Crippen molar-refractivity contribution in [2.24, 2.45) is 5.73 Å². The molecule has 0 fully saturated rings. The SMILES string of the molecule is CCCC(N)C#Cc1c(OC)cccc1OC. The van der Waals surface area contributed by atoms with Gasteiger partial charge in [-0.25, -0.2) is 0 Å². The molecular formula is C14H19NO2. The first-order chi connectivity index (χ1) is 8.22. The van der Waals surface area contributed by atoms with Gasteiger partial charge in [-0.3, -0.25) is 0 Å². The van der Waals surface area contributed by atoms with Crippen molar-refractivity contribution in [2.45, 2.75) is 25.8 Å². The van der Waals surface area contributed by atoms with E-state index < -0.39 is 0 Å². The molecule has 3 nitrogen and oxygen atoms in total. The van der Waals surface area contributed by atoms with Gasteiger partial charge in [0.2, 0.25) is 0 Å². The van der Waals surface area contributed by atoms with E-state index in [2.05, 4.69) is 18.8 Å². The minimum Gasteiger partial charge on any atom is -0.495 e. The Balaban J connectivity index is 3.02. The second-order valence-corrected chi connectivity index (χ2v) is 3.70. The minimum atomic E-state index is -0.102. The van der Waals surface area contributed by atoms with Crippen molar-refractivity contribution in [1.29, 1.82) is 0 Å². The fraction of sp³-hybridized carbons (Fsp3) is 0.429. The summed E-state index contributed by atoms with van der Waals surface area (Å²) in [6.07, 6.45) is 1.92. The molecule has 0 aliphatic heterocycles. The lowest BCUT2D eigenvalue weighted by Crippen LogP contribution is -2.16. The molecule has 0 bridgehead atoms. The summed E-state index contributed by atoms with van der Waals surface area (Å²) >= 11 is 0. The predicted octanol–water partition coefficient (Wildman–Crippen LogP) is 2.18. The largest absolute Gasteiger partial charge is 0.495 e. The molecule has 1 rings (SSSR count). The van der Waals surface area contributed by atoms with E-state index in [0.717, 1.165) is 18.4 Å². The average molecular weight is 233 g/mol. The van der Waals surface area contributed by atoms with Gasteiger partial charge in [0.15, 0.2) is 0 Å². The third-order valence-corrected chi connectivity index (χ3v) is 2.41. The highest BCUT2D eigenvalue weighted by molar-refractivity contribution is 5.55. The topological polar surface area (TPSA) is 44.5 Å². The van der Waals surface area contributed by atoms with Crippen molar-refractivity contribution in [3.63, 3.8) is 0 Å². The third kappa shape index (κ3) is 3.69. The fourth-order valence-corrected chi connectivity index (χ4v) is 1.52. The van der Waals surface area contributed by atoms with Gasteiger partial charge in [0.25, 0.3) is 0 Å². The van der Waals surface area contributed by atoms with Crippen LogP contribution >= 0.6 is 0 Å². The second kappa shape index (κ2) is 6.82. The smallest absolute Gasteiger partial charge is 0.138 e. The molecule has 0 aliphatic carbocycles. The standard InChI is InChI=1S/C14H19NO2/c1-4-6-11(15)9-10-12-13(16-2)7-5-8-14(12)17-3/h5,7-8,11H,4,6,15H2,1-3H3. The molecule has 0 aliphatic rings. The lowest BCUT2D eigenvalue weighted by Gasteiger charge is -2.08. The van der Waals surface area contributed by atoms with E-state index in [1.54, 1.807) is 14.2 Å². The lowest BCUT2D eigenvalue weighted by atomic mass is 10.1. The van der Waals surface area contributed by atoms with Crippen LogP contribution in [0.5, 0.6) is 11.5 Å². The van der Waals surface area contributed by atoms with Gasteiger partial charge >= 0.3 is 0 Å². The Labute approximate surface area is 103 Å². The molecular weight excluding hydrogens is 214 g/mol. The molecule has 3 heteroatoms. The molecule has 1 aromatic rings. The summed E-state index contributed by atoms with van der Waals surface area (Å²) in [6, 6.07) is 5.49. The molecule has 0 heterocycles. The number of ether oxygens (including phenoxy) is 2. The normalized spacial score (nSPS) is 11.3. The van der Waals surface area contributed by atoms with Gasteiger partial charge in [-0.15, -0.1) is 0 Å². The summed E-state index contributed by atoms with van der Waals surface area (Å²) in [5.41, 5.74) is 6.61. The molecule has 0 spiro atoms. The van der Waals surface area contributed by atoms with Gasteiger partial charge in [-0.05, 0) is 18.6 Å². The molecule has 0 saturated heterocycles. The Hall–Kier alpha value is -1.66. The quantitative estimate of drug-likeness (QED) is 0.811. The Kier molecular flexibility index (Phi) is 5.38. The zero-order valence-corrected chi connectivity index (χ0v) is 10.6. The zero-order chi connectivity index (χ0) is 12.7. The molecule has 0 radical (unpaired) electrons. The van der Waals surface area contributed by atoms with E-state index in [1.165, 1.54) is 0 Å². The van der Waals surface area contributed by atoms with Gasteiger partial charge in [0, 0.05) is 0 Å². The number of hydrogen-bond acceptors (Lipinski definition) is 3. The van der Waals surface area contributed by atoms with Crippen LogP contribution in [0.3, 0.4) is 0 Å². The summed E-state index contributed by atoms with van der Waals surface area (Å²) in [7, 11) is 3.23. The van der Waals surface area contributed by atoms with Crippen LogP contribution in [0.15, 0.2) is 18.2 Å². The van der Waals surface area contributed by atoms with E-state index in [-0.39, 0.29) is 6.04 Å². The summed E-state index contributed by atoms with van der Waals surface area (Å²) < 4.78 is 10.5. The van der Waals surface area contributed by atoms with Crippen molar-refractivity contribution in [3.8, 4) is 23.3 Å². The first-order valence-electron chi connectivity index (χ1n) is 5.71. The van der Waals surface area contributed by atoms with E-state index in [4.69, 9.17) is 15.2 Å². The molecule has 1 atom stereocenters. The molecule has 1 unspecified atom stereocenters. The summed E-state index contributed by atoms with van der Waals surface area (Å²) in [5, 5.41) is 0. The van der Waals surface area contributed by atoms with Crippen molar-refractivity contribution >= 4 is 0 Å². The number of nitrogens with two attached hydrogens (primary N) is 1. The number of rotatable bonds is 4. The molecule has 0 aromatic heterocycles. The molecule has 92 valence electrons. The van der Waals surface area contributed by atoms with Crippen molar-refractivity contribution < 1.29 is 9.47 Å². The van der Waals surface area contributed by atoms with Crippen LogP contribution in [0, 0.1) is 11.8 Å². The second-order valence-electron chi connectivity index (χ2n) is 3.70. The van der Waals surface area contributed by atoms with Crippen LogP contribution in [0.25, 0.3) is 0 Å². The Morgan fingerprint density at radius 2 is 1.82 bits per heavy atom. The number of hydrogen-bond donors (Lipinski definition) is 1. The highest BCUT2D eigenvalue weighted by atomic mass is 16.5. The predicted molar refractivity (Wildman–Crippen MR) is 69.3 cm³/mol. The van der Waals surface area contributed by atoms with Gasteiger partial charge in [0.1, 0.15) is 17.1 Å². The number of benzene rings is 1. The maximum Gasteiger partial charge on any atom is 0.138 e. The maximum atomic E-state index is 5.86. The summed E-state index contributed by atoms with van der Waals surface area (Å²) in [6.45, 7) is 2.09. The van der Waals surface area contributed by atoms with Crippen LogP contribution in [0.4, 0.5) is 0 Å². The van der Waals surface area contributed by atoms with E-state index in [0.29, 0.717) is 11.5 Å². The zero-order valence-electron chi connectivity index (χ0n) is 10.6. The molecule has 0 amide bonds. The highest BCUT2D eigenvalue weighted by Crippen LogP contribution is 2.26. The number of methoxy groups -OCH3 is 2. The molecule has 17 heavy (non-hydrogen) atoms. The van der Waals surface area contributed by atoms with Crippen LogP contribution in [-0.2, 0) is 0 Å². The Bertz CT molecular complexity index is 396. The highest BCUT2D eigenvalue weighted by Gasteiger charge is 2.06. The Morgan fingerprint density at radius 1 is 1.24 bits per heavy atom. The lowest BCUT2D eigenvalue weighted by molar-refractivity contribution is 0.392. The van der Waals surface area contributed by atoms with Crippen molar-refractivity contribution in [1.82, 2.24) is 0 Å². The average Bonchev–Trinajstić information content (AvgIpc) is 2.36. The van der Waals surface area contributed by atoms with Crippen LogP contribution in [0.2, 0.25) is 0 Å². The van der Waals surface area contributed by atoms with E-state index >= 15 is 0 Å².